The van der Waals surface area contributed by atoms with Crippen LogP contribution >= 0.6 is 7.60 Å². The van der Waals surface area contributed by atoms with Gasteiger partial charge in [0.05, 0.1) is 27.7 Å². The maximum Gasteiger partial charge on any atom is 0.385 e. The van der Waals surface area contributed by atoms with E-state index in [0.29, 0.717) is 17.5 Å². The van der Waals surface area contributed by atoms with Gasteiger partial charge in [0.2, 0.25) is 0 Å². The fourth-order valence-electron chi connectivity index (χ4n) is 4.94. The van der Waals surface area contributed by atoms with E-state index in [4.69, 9.17) is 4.52 Å². The summed E-state index contributed by atoms with van der Waals surface area (Å²) >= 11 is 0. The van der Waals surface area contributed by atoms with E-state index in [9.17, 15) is 9.46 Å². The van der Waals surface area contributed by atoms with Gasteiger partial charge in [0.15, 0.2) is 5.78 Å². The average molecular weight is 531 g/mol. The van der Waals surface area contributed by atoms with Gasteiger partial charge in [0.25, 0.3) is 0 Å². The zero-order valence-electron chi connectivity index (χ0n) is 25.2. The predicted molar refractivity (Wildman–Crippen MR) is 160 cm³/mol. The molecule has 4 nitrogen and oxygen atoms in total. The van der Waals surface area contributed by atoms with Crippen molar-refractivity contribution in [3.63, 3.8) is 0 Å². The summed E-state index contributed by atoms with van der Waals surface area (Å²) in [4.78, 5) is 10.4. The van der Waals surface area contributed by atoms with Crippen molar-refractivity contribution in [3.8, 4) is 0 Å². The smallest absolute Gasteiger partial charge is 0.320 e. The van der Waals surface area contributed by atoms with E-state index < -0.39 is 7.60 Å². The van der Waals surface area contributed by atoms with Crippen molar-refractivity contribution in [1.29, 1.82) is 0 Å². The van der Waals surface area contributed by atoms with Gasteiger partial charge in [-0.1, -0.05) is 122 Å². The molecule has 0 aliphatic carbocycles. The van der Waals surface area contributed by atoms with E-state index in [2.05, 4.69) is 26.0 Å². The maximum atomic E-state index is 12.7. The minimum atomic E-state index is -3.58. The molecule has 0 aliphatic heterocycles. The Bertz CT molecular complexity index is 544. The number of rotatable bonds is 27. The van der Waals surface area contributed by atoms with Crippen LogP contribution in [0.2, 0.25) is 0 Å². The van der Waals surface area contributed by atoms with Gasteiger partial charge in [-0.15, -0.1) is 0 Å². The summed E-state index contributed by atoms with van der Waals surface area (Å²) in [6.07, 6.45) is 32.8. The van der Waals surface area contributed by atoms with Gasteiger partial charge in [-0.2, -0.15) is 0 Å². The van der Waals surface area contributed by atoms with Crippen molar-refractivity contribution < 1.29 is 18.5 Å². The van der Waals surface area contributed by atoms with Crippen LogP contribution in [0.1, 0.15) is 155 Å². The normalized spacial score (nSPS) is 14.9. The SMILES string of the molecule is CCCCCCCCCCCCCCCC/C=C\CCCCCCOP(=O)(O)C(CCC)[N+](C)(C)C. The summed E-state index contributed by atoms with van der Waals surface area (Å²) in [5.41, 5.74) is 0. The molecule has 0 aromatic carbocycles. The van der Waals surface area contributed by atoms with Gasteiger partial charge in [-0.25, -0.2) is 0 Å². The van der Waals surface area contributed by atoms with Gasteiger partial charge in [0.1, 0.15) is 0 Å². The molecule has 0 saturated carbocycles. The number of hydrogen-bond acceptors (Lipinski definition) is 2. The number of hydrogen-bond donors (Lipinski definition) is 1. The van der Waals surface area contributed by atoms with Crippen molar-refractivity contribution in [2.75, 3.05) is 27.7 Å². The van der Waals surface area contributed by atoms with Crippen LogP contribution in [0, 0.1) is 0 Å². The van der Waals surface area contributed by atoms with E-state index >= 15 is 0 Å². The van der Waals surface area contributed by atoms with Crippen molar-refractivity contribution >= 4 is 7.60 Å². The van der Waals surface area contributed by atoms with Gasteiger partial charge >= 0.3 is 7.60 Å². The molecule has 0 aromatic rings. The number of quaternary nitrogens is 1. The first kappa shape index (κ1) is 35.9. The standard InChI is InChI=1S/C31H64NO3P/c1-6-8-9-10-11-12-13-14-15-16-17-18-19-20-21-22-23-24-25-26-27-28-30-35-36(33,34)31(29-7-2)32(3,4)5/h22-23,31H,6-21,24-30H2,1-5H3/p+1/b23-22-. The Kier molecular flexibility index (Phi) is 23.8. The third-order valence-electron chi connectivity index (χ3n) is 7.25. The summed E-state index contributed by atoms with van der Waals surface area (Å²) < 4.78 is 18.6. The highest BCUT2D eigenvalue weighted by molar-refractivity contribution is 7.53. The molecule has 0 aliphatic rings. The van der Waals surface area contributed by atoms with Crippen LogP contribution in [0.3, 0.4) is 0 Å². The lowest BCUT2D eigenvalue weighted by atomic mass is 10.0. The van der Waals surface area contributed by atoms with E-state index in [0.717, 1.165) is 32.1 Å². The second kappa shape index (κ2) is 23.9. The zero-order chi connectivity index (χ0) is 27.0. The highest BCUT2D eigenvalue weighted by Crippen LogP contribution is 2.51. The molecule has 216 valence electrons. The number of nitrogens with zero attached hydrogens (tertiary/aromatic N) is 1. The van der Waals surface area contributed by atoms with Gasteiger partial charge in [-0.3, -0.25) is 4.57 Å². The van der Waals surface area contributed by atoms with Crippen LogP contribution in [-0.4, -0.2) is 42.9 Å². The summed E-state index contributed by atoms with van der Waals surface area (Å²) in [6, 6.07) is 0. The van der Waals surface area contributed by atoms with Crippen LogP contribution in [0.25, 0.3) is 0 Å². The second-order valence-corrected chi connectivity index (χ2v) is 13.8. The zero-order valence-corrected chi connectivity index (χ0v) is 26.0. The Hall–Kier alpha value is -0.150. The van der Waals surface area contributed by atoms with Crippen molar-refractivity contribution in [2.24, 2.45) is 0 Å². The van der Waals surface area contributed by atoms with Crippen molar-refractivity contribution in [1.82, 2.24) is 0 Å². The molecule has 0 heterocycles. The van der Waals surface area contributed by atoms with Crippen molar-refractivity contribution in [3.05, 3.63) is 12.2 Å². The molecule has 0 fully saturated rings. The molecule has 0 spiro atoms. The van der Waals surface area contributed by atoms with Crippen molar-refractivity contribution in [2.45, 2.75) is 161 Å². The van der Waals surface area contributed by atoms with E-state index in [1.807, 2.05) is 21.1 Å². The molecular weight excluding hydrogens is 465 g/mol. The topological polar surface area (TPSA) is 46.5 Å². The molecule has 0 bridgehead atoms. The summed E-state index contributed by atoms with van der Waals surface area (Å²) in [5.74, 6) is -0.340. The monoisotopic (exact) mass is 530 g/mol. The number of allylic oxidation sites excluding steroid dienone is 2. The third-order valence-corrected chi connectivity index (χ3v) is 9.51. The molecule has 0 radical (unpaired) electrons. The Morgan fingerprint density at radius 2 is 1.03 bits per heavy atom. The quantitative estimate of drug-likeness (QED) is 0.0497. The van der Waals surface area contributed by atoms with E-state index in [-0.39, 0.29) is 5.78 Å². The molecule has 0 aromatic heterocycles. The third kappa shape index (κ3) is 21.9. The summed E-state index contributed by atoms with van der Waals surface area (Å²) in [7, 11) is 2.34. The fraction of sp³-hybridized carbons (Fsp3) is 0.935. The maximum absolute atomic E-state index is 12.7. The highest BCUT2D eigenvalue weighted by Gasteiger charge is 2.41. The Morgan fingerprint density at radius 3 is 1.42 bits per heavy atom. The van der Waals surface area contributed by atoms with Gasteiger partial charge < -0.3 is 13.9 Å². The Morgan fingerprint density at radius 1 is 0.639 bits per heavy atom. The largest absolute Gasteiger partial charge is 0.385 e. The molecule has 36 heavy (non-hydrogen) atoms. The van der Waals surface area contributed by atoms with Crippen LogP contribution in [0.15, 0.2) is 12.2 Å². The Labute approximate surface area is 226 Å². The first-order valence-corrected chi connectivity index (χ1v) is 17.3. The molecule has 0 amide bonds. The molecule has 1 N–H and O–H groups in total. The minimum absolute atomic E-state index is 0.340. The first-order chi connectivity index (χ1) is 17.3. The molecule has 2 atom stereocenters. The van der Waals surface area contributed by atoms with Gasteiger partial charge in [-0.05, 0) is 38.5 Å². The Balaban J connectivity index is 3.47. The second-order valence-electron chi connectivity index (χ2n) is 11.8. The average Bonchev–Trinajstić information content (AvgIpc) is 2.82. The summed E-state index contributed by atoms with van der Waals surface area (Å²) in [6.45, 7) is 4.73. The minimum Gasteiger partial charge on any atom is -0.320 e. The molecule has 5 heteroatoms. The predicted octanol–water partition coefficient (Wildman–Crippen LogP) is 10.4. The molecular formula is C31H65NO3P+. The van der Waals surface area contributed by atoms with Crippen LogP contribution < -0.4 is 0 Å². The lowest BCUT2D eigenvalue weighted by molar-refractivity contribution is -0.883. The first-order valence-electron chi connectivity index (χ1n) is 15.7. The molecule has 2 unspecified atom stereocenters. The van der Waals surface area contributed by atoms with Crippen LogP contribution in [0.5, 0.6) is 0 Å². The lowest BCUT2D eigenvalue weighted by Crippen LogP contribution is -2.45. The van der Waals surface area contributed by atoms with E-state index in [1.54, 1.807) is 0 Å². The number of unbranched alkanes of at least 4 members (excludes halogenated alkanes) is 18. The lowest BCUT2D eigenvalue weighted by Gasteiger charge is -2.35. The molecule has 0 rings (SSSR count). The van der Waals surface area contributed by atoms with Gasteiger partial charge in [0, 0.05) is 6.42 Å². The molecule has 0 saturated heterocycles. The van der Waals surface area contributed by atoms with Crippen LogP contribution in [-0.2, 0) is 9.09 Å². The summed E-state index contributed by atoms with van der Waals surface area (Å²) in [5, 5.41) is 0. The van der Waals surface area contributed by atoms with E-state index in [1.165, 1.54) is 103 Å². The highest BCUT2D eigenvalue weighted by atomic mass is 31.2. The fourth-order valence-corrected chi connectivity index (χ4v) is 6.96. The van der Waals surface area contributed by atoms with Crippen LogP contribution in [0.4, 0.5) is 0 Å².